The number of benzene rings is 1. The highest BCUT2D eigenvalue weighted by Crippen LogP contribution is 2.42. The second-order valence-corrected chi connectivity index (χ2v) is 6.69. The van der Waals surface area contributed by atoms with Gasteiger partial charge in [0.05, 0.1) is 0 Å². The van der Waals surface area contributed by atoms with Crippen molar-refractivity contribution >= 4 is 31.9 Å². The molecule has 0 spiro atoms. The first-order chi connectivity index (χ1) is 8.61. The van der Waals surface area contributed by atoms with E-state index in [2.05, 4.69) is 51.8 Å². The first-order valence-corrected chi connectivity index (χ1v) is 8.05. The molecule has 2 rings (SSSR count). The Balaban J connectivity index is 2.22. The zero-order valence-electron chi connectivity index (χ0n) is 10.7. The molecule has 2 atom stereocenters. The fraction of sp³-hybridized carbons (Fsp3) is 0.571. The van der Waals surface area contributed by atoms with Crippen LogP contribution in [0.2, 0.25) is 0 Å². The number of fused-ring (bicyclic) bond motifs is 1. The maximum Gasteiger partial charge on any atom is 0.162 e. The lowest BCUT2D eigenvalue weighted by Crippen LogP contribution is -2.15. The fourth-order valence-corrected chi connectivity index (χ4v) is 3.89. The summed E-state index contributed by atoms with van der Waals surface area (Å²) in [7, 11) is 0. The summed E-state index contributed by atoms with van der Waals surface area (Å²) in [5.74, 6) is 2.39. The maximum absolute atomic E-state index is 5.63. The number of alkyl halides is 1. The van der Waals surface area contributed by atoms with Gasteiger partial charge in [-0.15, -0.1) is 0 Å². The molecule has 2 nitrogen and oxygen atoms in total. The van der Waals surface area contributed by atoms with E-state index in [0.29, 0.717) is 24.0 Å². The summed E-state index contributed by atoms with van der Waals surface area (Å²) in [6.45, 7) is 5.76. The third-order valence-electron chi connectivity index (χ3n) is 3.31. The molecule has 0 amide bonds. The molecule has 0 radical (unpaired) electrons. The fourth-order valence-electron chi connectivity index (χ4n) is 1.97. The van der Waals surface area contributed by atoms with E-state index in [9.17, 15) is 0 Å². The van der Waals surface area contributed by atoms with Gasteiger partial charge in [-0.3, -0.25) is 0 Å². The molecule has 1 aliphatic heterocycles. The molecule has 1 aromatic carbocycles. The monoisotopic (exact) mass is 376 g/mol. The van der Waals surface area contributed by atoms with Crippen LogP contribution in [-0.4, -0.2) is 13.2 Å². The van der Waals surface area contributed by atoms with Crippen LogP contribution < -0.4 is 9.47 Å². The largest absolute Gasteiger partial charge is 0.486 e. The van der Waals surface area contributed by atoms with Gasteiger partial charge in [0, 0.05) is 9.30 Å². The van der Waals surface area contributed by atoms with E-state index in [4.69, 9.17) is 9.47 Å². The van der Waals surface area contributed by atoms with Crippen LogP contribution in [0.15, 0.2) is 16.6 Å². The number of ether oxygens (including phenoxy) is 2. The van der Waals surface area contributed by atoms with Crippen LogP contribution in [0.5, 0.6) is 11.5 Å². The van der Waals surface area contributed by atoms with Crippen molar-refractivity contribution in [2.75, 3.05) is 13.2 Å². The minimum atomic E-state index is 0.345. The molecular formula is C14H18Br2O2. The van der Waals surface area contributed by atoms with Crippen molar-refractivity contribution in [1.29, 1.82) is 0 Å². The predicted octanol–water partition coefficient (Wildman–Crippen LogP) is 5.09. The number of rotatable bonds is 4. The van der Waals surface area contributed by atoms with Crippen LogP contribution in [0.1, 0.15) is 37.1 Å². The van der Waals surface area contributed by atoms with E-state index in [1.807, 2.05) is 6.07 Å². The zero-order chi connectivity index (χ0) is 13.1. The van der Waals surface area contributed by atoms with Crippen molar-refractivity contribution in [3.8, 4) is 11.5 Å². The van der Waals surface area contributed by atoms with Crippen LogP contribution >= 0.6 is 31.9 Å². The van der Waals surface area contributed by atoms with Gasteiger partial charge in [-0.2, -0.15) is 0 Å². The van der Waals surface area contributed by atoms with Crippen LogP contribution in [-0.2, 0) is 0 Å². The van der Waals surface area contributed by atoms with Crippen molar-refractivity contribution in [3.63, 3.8) is 0 Å². The highest BCUT2D eigenvalue weighted by molar-refractivity contribution is 9.11. The third-order valence-corrected chi connectivity index (χ3v) is 4.86. The first kappa shape index (κ1) is 14.2. The van der Waals surface area contributed by atoms with E-state index in [1.54, 1.807) is 0 Å². The summed E-state index contributed by atoms with van der Waals surface area (Å²) in [5, 5.41) is 0. The Kier molecular flexibility index (Phi) is 4.96. The van der Waals surface area contributed by atoms with Crippen LogP contribution in [0.4, 0.5) is 0 Å². The van der Waals surface area contributed by atoms with Gasteiger partial charge in [0.2, 0.25) is 0 Å². The Morgan fingerprint density at radius 2 is 1.83 bits per heavy atom. The van der Waals surface area contributed by atoms with Crippen LogP contribution in [0.3, 0.4) is 0 Å². The topological polar surface area (TPSA) is 18.5 Å². The Morgan fingerprint density at radius 3 is 2.44 bits per heavy atom. The van der Waals surface area contributed by atoms with E-state index >= 15 is 0 Å². The summed E-state index contributed by atoms with van der Waals surface area (Å²) >= 11 is 7.40. The quantitative estimate of drug-likeness (QED) is 0.680. The van der Waals surface area contributed by atoms with E-state index in [0.717, 1.165) is 22.4 Å². The SMILES string of the molecule is CCC(C)CC(Br)c1cc2c(cc1Br)OCCO2. The van der Waals surface area contributed by atoms with E-state index in [1.165, 1.54) is 12.0 Å². The number of hydrogen-bond acceptors (Lipinski definition) is 2. The van der Waals surface area contributed by atoms with Gasteiger partial charge in [-0.05, 0) is 30.0 Å². The maximum atomic E-state index is 5.63. The van der Waals surface area contributed by atoms with E-state index in [-0.39, 0.29) is 0 Å². The van der Waals surface area contributed by atoms with E-state index < -0.39 is 0 Å². The second kappa shape index (κ2) is 6.29. The van der Waals surface area contributed by atoms with Gasteiger partial charge in [0.1, 0.15) is 13.2 Å². The lowest BCUT2D eigenvalue weighted by atomic mass is 9.98. The summed E-state index contributed by atoms with van der Waals surface area (Å²) in [5.41, 5.74) is 1.24. The number of halogens is 2. The van der Waals surface area contributed by atoms with Crippen molar-refractivity contribution in [2.45, 2.75) is 31.5 Å². The van der Waals surface area contributed by atoms with Crippen LogP contribution in [0.25, 0.3) is 0 Å². The Labute approximate surface area is 125 Å². The molecule has 0 N–H and O–H groups in total. The zero-order valence-corrected chi connectivity index (χ0v) is 13.9. The van der Waals surface area contributed by atoms with Crippen molar-refractivity contribution in [2.24, 2.45) is 5.92 Å². The van der Waals surface area contributed by atoms with Gasteiger partial charge in [0.15, 0.2) is 11.5 Å². The minimum absolute atomic E-state index is 0.345. The smallest absolute Gasteiger partial charge is 0.162 e. The van der Waals surface area contributed by atoms with Crippen molar-refractivity contribution in [3.05, 3.63) is 22.2 Å². The highest BCUT2D eigenvalue weighted by atomic mass is 79.9. The molecule has 2 unspecified atom stereocenters. The predicted molar refractivity (Wildman–Crippen MR) is 80.9 cm³/mol. The molecule has 0 bridgehead atoms. The molecule has 1 aromatic rings. The molecule has 1 aliphatic rings. The van der Waals surface area contributed by atoms with Crippen LogP contribution in [0, 0.1) is 5.92 Å². The first-order valence-electron chi connectivity index (χ1n) is 6.35. The van der Waals surface area contributed by atoms with Gasteiger partial charge in [-0.1, -0.05) is 52.1 Å². The summed E-state index contributed by atoms with van der Waals surface area (Å²) in [6.07, 6.45) is 2.32. The Bertz CT molecular complexity index is 421. The molecular weight excluding hydrogens is 360 g/mol. The van der Waals surface area contributed by atoms with Crippen molar-refractivity contribution in [1.82, 2.24) is 0 Å². The average molecular weight is 378 g/mol. The van der Waals surface area contributed by atoms with Gasteiger partial charge in [0.25, 0.3) is 0 Å². The van der Waals surface area contributed by atoms with Crippen molar-refractivity contribution < 1.29 is 9.47 Å². The molecule has 18 heavy (non-hydrogen) atoms. The third kappa shape index (κ3) is 3.21. The average Bonchev–Trinajstić information content (AvgIpc) is 2.37. The van der Waals surface area contributed by atoms with Gasteiger partial charge in [-0.25, -0.2) is 0 Å². The standard InChI is InChI=1S/C14H18Br2O2/c1-3-9(2)6-11(15)10-7-13-14(8-12(10)16)18-5-4-17-13/h7-9,11H,3-6H2,1-2H3. The minimum Gasteiger partial charge on any atom is -0.486 e. The molecule has 0 aromatic heterocycles. The molecule has 0 fully saturated rings. The lowest BCUT2D eigenvalue weighted by molar-refractivity contribution is 0.171. The summed E-state index contributed by atoms with van der Waals surface area (Å²) in [4.78, 5) is 0.345. The second-order valence-electron chi connectivity index (χ2n) is 4.73. The van der Waals surface area contributed by atoms with Gasteiger partial charge >= 0.3 is 0 Å². The summed E-state index contributed by atoms with van der Waals surface area (Å²) in [6, 6.07) is 4.09. The molecule has 4 heteroatoms. The Morgan fingerprint density at radius 1 is 1.22 bits per heavy atom. The molecule has 0 saturated carbocycles. The lowest BCUT2D eigenvalue weighted by Gasteiger charge is -2.22. The normalized spacial score (nSPS) is 17.3. The molecule has 0 saturated heterocycles. The van der Waals surface area contributed by atoms with Gasteiger partial charge < -0.3 is 9.47 Å². The highest BCUT2D eigenvalue weighted by Gasteiger charge is 2.19. The Hall–Kier alpha value is -0.220. The summed E-state index contributed by atoms with van der Waals surface area (Å²) < 4.78 is 12.3. The molecule has 0 aliphatic carbocycles. The molecule has 100 valence electrons. The molecule has 1 heterocycles. The number of hydrogen-bond donors (Lipinski definition) is 0.